The first-order chi connectivity index (χ1) is 10.8. The summed E-state index contributed by atoms with van der Waals surface area (Å²) in [5.74, 6) is 0.0167. The summed E-state index contributed by atoms with van der Waals surface area (Å²) in [7, 11) is 3.96. The van der Waals surface area contributed by atoms with Gasteiger partial charge in [-0.25, -0.2) is 4.98 Å². The molecule has 8 heteroatoms. The Morgan fingerprint density at radius 3 is 2.83 bits per heavy atom. The van der Waals surface area contributed by atoms with Gasteiger partial charge in [0, 0.05) is 44.5 Å². The van der Waals surface area contributed by atoms with Gasteiger partial charge >= 0.3 is 6.18 Å². The van der Waals surface area contributed by atoms with Gasteiger partial charge in [0.1, 0.15) is 12.2 Å². The molecular formula is C15H23F3N4O. The number of likely N-dealkylation sites (tertiary alicyclic amines) is 1. The lowest BCUT2D eigenvalue weighted by Gasteiger charge is -2.33. The number of carbonyl (C=O) groups excluding carboxylic acids is 1. The topological polar surface area (TPSA) is 41.4 Å². The van der Waals surface area contributed by atoms with Gasteiger partial charge in [-0.1, -0.05) is 0 Å². The number of likely N-dealkylation sites (N-methyl/N-ethyl adjacent to an activating group) is 1. The molecule has 1 aliphatic rings. The maximum absolute atomic E-state index is 12.4. The third kappa shape index (κ3) is 5.23. The Labute approximate surface area is 134 Å². The first kappa shape index (κ1) is 17.8. The Morgan fingerprint density at radius 1 is 1.43 bits per heavy atom. The molecule has 0 saturated carbocycles. The molecule has 1 saturated heterocycles. The molecule has 0 aromatic carbocycles. The second-order valence-corrected chi connectivity index (χ2v) is 6.25. The number of rotatable bonds is 5. The lowest BCUT2D eigenvalue weighted by atomic mass is 9.96. The van der Waals surface area contributed by atoms with Crippen molar-refractivity contribution in [1.82, 2.24) is 19.4 Å². The van der Waals surface area contributed by atoms with Crippen LogP contribution in [0.25, 0.3) is 0 Å². The zero-order valence-electron chi connectivity index (χ0n) is 13.5. The minimum Gasteiger partial charge on any atom is -0.342 e. The van der Waals surface area contributed by atoms with Crippen molar-refractivity contribution in [3.63, 3.8) is 0 Å². The quantitative estimate of drug-likeness (QED) is 0.829. The number of nitrogens with zero attached hydrogens (tertiary/aromatic N) is 4. The summed E-state index contributed by atoms with van der Waals surface area (Å²) in [5, 5.41) is 0. The minimum atomic E-state index is -4.45. The second kappa shape index (κ2) is 7.33. The monoisotopic (exact) mass is 332 g/mol. The van der Waals surface area contributed by atoms with Crippen LogP contribution in [0.5, 0.6) is 0 Å². The number of carbonyl (C=O) groups is 1. The van der Waals surface area contributed by atoms with E-state index in [0.29, 0.717) is 19.5 Å². The van der Waals surface area contributed by atoms with Crippen molar-refractivity contribution in [2.24, 2.45) is 0 Å². The number of hydrogen-bond acceptors (Lipinski definition) is 3. The molecule has 0 spiro atoms. The van der Waals surface area contributed by atoms with E-state index in [-0.39, 0.29) is 5.92 Å². The average molecular weight is 332 g/mol. The highest BCUT2D eigenvalue weighted by Gasteiger charge is 2.35. The zero-order valence-corrected chi connectivity index (χ0v) is 13.5. The molecule has 2 rings (SSSR count). The minimum absolute atomic E-state index is 0.00176. The van der Waals surface area contributed by atoms with E-state index < -0.39 is 18.5 Å². The van der Waals surface area contributed by atoms with Gasteiger partial charge in [-0.2, -0.15) is 13.2 Å². The highest BCUT2D eigenvalue weighted by atomic mass is 19.4. The summed E-state index contributed by atoms with van der Waals surface area (Å²) in [4.78, 5) is 19.6. The van der Waals surface area contributed by atoms with Crippen molar-refractivity contribution in [3.8, 4) is 0 Å². The SMILES string of the molecule is CN(C)CCn1ccnc1[C@H]1CCCN(C(=O)CC(F)(F)F)C1. The van der Waals surface area contributed by atoms with E-state index in [4.69, 9.17) is 0 Å². The normalized spacial score (nSPS) is 19.4. The predicted octanol–water partition coefficient (Wildman–Crippen LogP) is 2.10. The molecule has 1 aromatic rings. The molecule has 1 atom stereocenters. The van der Waals surface area contributed by atoms with Gasteiger partial charge in [-0.3, -0.25) is 4.79 Å². The lowest BCUT2D eigenvalue weighted by molar-refractivity contribution is -0.162. The van der Waals surface area contributed by atoms with Crippen LogP contribution in [-0.2, 0) is 11.3 Å². The van der Waals surface area contributed by atoms with E-state index in [1.54, 1.807) is 6.20 Å². The Hall–Kier alpha value is -1.57. The molecule has 1 aromatic heterocycles. The van der Waals surface area contributed by atoms with E-state index in [1.165, 1.54) is 4.90 Å². The van der Waals surface area contributed by atoms with Gasteiger partial charge in [0.25, 0.3) is 0 Å². The number of imidazole rings is 1. The number of piperidine rings is 1. The molecule has 2 heterocycles. The summed E-state index contributed by atoms with van der Waals surface area (Å²) in [5.41, 5.74) is 0. The molecule has 1 fully saturated rings. The zero-order chi connectivity index (χ0) is 17.0. The van der Waals surface area contributed by atoms with Crippen LogP contribution in [0.2, 0.25) is 0 Å². The molecule has 0 aliphatic carbocycles. The van der Waals surface area contributed by atoms with Crippen molar-refractivity contribution in [3.05, 3.63) is 18.2 Å². The van der Waals surface area contributed by atoms with Crippen molar-refractivity contribution < 1.29 is 18.0 Å². The maximum atomic E-state index is 12.4. The van der Waals surface area contributed by atoms with E-state index in [2.05, 4.69) is 9.88 Å². The van der Waals surface area contributed by atoms with Crippen molar-refractivity contribution >= 4 is 5.91 Å². The van der Waals surface area contributed by atoms with Crippen LogP contribution < -0.4 is 0 Å². The van der Waals surface area contributed by atoms with Crippen LogP contribution in [0.1, 0.15) is 31.0 Å². The highest BCUT2D eigenvalue weighted by molar-refractivity contribution is 5.77. The van der Waals surface area contributed by atoms with Gasteiger partial charge in [0.15, 0.2) is 0 Å². The fourth-order valence-electron chi connectivity index (χ4n) is 2.88. The fraction of sp³-hybridized carbons (Fsp3) is 0.733. The second-order valence-electron chi connectivity index (χ2n) is 6.25. The standard InChI is InChI=1S/C15H23F3N4O/c1-20(2)8-9-21-7-5-19-14(21)12-4-3-6-22(11-12)13(23)10-15(16,17)18/h5,7,12H,3-4,6,8-11H2,1-2H3/t12-/m0/s1. The smallest absolute Gasteiger partial charge is 0.342 e. The average Bonchev–Trinajstić information content (AvgIpc) is 2.92. The summed E-state index contributed by atoms with van der Waals surface area (Å²) >= 11 is 0. The van der Waals surface area contributed by atoms with Crippen LogP contribution in [0.15, 0.2) is 12.4 Å². The van der Waals surface area contributed by atoms with Gasteiger partial charge < -0.3 is 14.4 Å². The molecule has 5 nitrogen and oxygen atoms in total. The van der Waals surface area contributed by atoms with E-state index in [1.807, 2.05) is 24.9 Å². The van der Waals surface area contributed by atoms with E-state index in [9.17, 15) is 18.0 Å². The molecule has 23 heavy (non-hydrogen) atoms. The summed E-state index contributed by atoms with van der Waals surface area (Å²) in [6, 6.07) is 0. The first-order valence-electron chi connectivity index (χ1n) is 7.76. The Morgan fingerprint density at radius 2 is 2.17 bits per heavy atom. The van der Waals surface area contributed by atoms with E-state index >= 15 is 0 Å². The third-order valence-corrected chi connectivity index (χ3v) is 4.03. The summed E-state index contributed by atoms with van der Waals surface area (Å²) in [6.45, 7) is 2.33. The van der Waals surface area contributed by atoms with Crippen LogP contribution in [0, 0.1) is 0 Å². The largest absolute Gasteiger partial charge is 0.397 e. The van der Waals surface area contributed by atoms with Gasteiger partial charge in [-0.15, -0.1) is 0 Å². The molecule has 0 N–H and O–H groups in total. The fourth-order valence-corrected chi connectivity index (χ4v) is 2.88. The number of aromatic nitrogens is 2. The van der Waals surface area contributed by atoms with Gasteiger partial charge in [0.2, 0.25) is 5.91 Å². The van der Waals surface area contributed by atoms with Crippen LogP contribution >= 0.6 is 0 Å². The highest BCUT2D eigenvalue weighted by Crippen LogP contribution is 2.28. The summed E-state index contributed by atoms with van der Waals surface area (Å²) in [6.07, 6.45) is -0.691. The van der Waals surface area contributed by atoms with Crippen molar-refractivity contribution in [1.29, 1.82) is 0 Å². The number of alkyl halides is 3. The Bertz CT molecular complexity index is 527. The van der Waals surface area contributed by atoms with Gasteiger partial charge in [-0.05, 0) is 26.9 Å². The Kier molecular flexibility index (Phi) is 5.67. The third-order valence-electron chi connectivity index (χ3n) is 4.03. The molecule has 0 bridgehead atoms. The maximum Gasteiger partial charge on any atom is 0.397 e. The van der Waals surface area contributed by atoms with Crippen LogP contribution in [0.3, 0.4) is 0 Å². The van der Waals surface area contributed by atoms with Crippen LogP contribution in [0.4, 0.5) is 13.2 Å². The van der Waals surface area contributed by atoms with Crippen molar-refractivity contribution in [2.75, 3.05) is 33.7 Å². The Balaban J connectivity index is 2.01. The number of halogens is 3. The van der Waals surface area contributed by atoms with Gasteiger partial charge in [0.05, 0.1) is 0 Å². The lowest BCUT2D eigenvalue weighted by Crippen LogP contribution is -2.41. The number of amides is 1. The predicted molar refractivity (Wildman–Crippen MR) is 80.0 cm³/mol. The van der Waals surface area contributed by atoms with Crippen molar-refractivity contribution in [2.45, 2.75) is 37.9 Å². The molecule has 130 valence electrons. The molecule has 1 amide bonds. The first-order valence-corrected chi connectivity index (χ1v) is 7.76. The number of hydrogen-bond donors (Lipinski definition) is 0. The molecule has 0 radical (unpaired) electrons. The molecular weight excluding hydrogens is 309 g/mol. The molecule has 0 unspecified atom stereocenters. The van der Waals surface area contributed by atoms with Crippen LogP contribution in [-0.4, -0.2) is 65.2 Å². The summed E-state index contributed by atoms with van der Waals surface area (Å²) < 4.78 is 39.2. The van der Waals surface area contributed by atoms with E-state index in [0.717, 1.165) is 25.3 Å². The molecule has 1 aliphatic heterocycles.